The Labute approximate surface area is 178 Å². The minimum atomic E-state index is -6.99. The lowest BCUT2D eigenvalue weighted by atomic mass is 9.92. The summed E-state index contributed by atoms with van der Waals surface area (Å²) in [6.45, 7) is 0. The molecule has 1 aromatic carbocycles. The van der Waals surface area contributed by atoms with E-state index in [-0.39, 0.29) is 10.0 Å². The van der Waals surface area contributed by atoms with Gasteiger partial charge in [0.05, 0.1) is 4.32 Å². The molecule has 0 aromatic heterocycles. The first-order chi connectivity index (χ1) is 12.9. The Morgan fingerprint density at radius 1 is 0.862 bits per heavy atom. The molecule has 0 bridgehead atoms. The third-order valence-corrected chi connectivity index (χ3v) is 5.96. The Kier molecular flexibility index (Phi) is 6.59. The average Bonchev–Trinajstić information content (AvgIpc) is 2.52. The molecule has 161 valence electrons. The van der Waals surface area contributed by atoms with E-state index in [2.05, 4.69) is 31.9 Å². The molecule has 2 rings (SSSR count). The highest BCUT2D eigenvalue weighted by Gasteiger charge is 2.82. The van der Waals surface area contributed by atoms with Gasteiger partial charge in [-0.1, -0.05) is 50.1 Å². The third-order valence-electron chi connectivity index (χ3n) is 3.63. The van der Waals surface area contributed by atoms with Crippen LogP contribution in [0, 0.1) is 12.2 Å². The van der Waals surface area contributed by atoms with Crippen molar-refractivity contribution in [3.05, 3.63) is 63.6 Å². The fourth-order valence-corrected chi connectivity index (χ4v) is 5.24. The van der Waals surface area contributed by atoms with E-state index in [1.54, 1.807) is 0 Å². The smallest absolute Gasteiger partial charge is 0.207 e. The molecular formula is C16H7Br2F10S. The van der Waals surface area contributed by atoms with Crippen LogP contribution in [0.3, 0.4) is 0 Å². The van der Waals surface area contributed by atoms with Gasteiger partial charge in [-0.15, -0.1) is 0 Å². The fourth-order valence-electron chi connectivity index (χ4n) is 2.23. The van der Waals surface area contributed by atoms with Gasteiger partial charge in [-0.25, -0.2) is 4.39 Å². The molecule has 0 spiro atoms. The summed E-state index contributed by atoms with van der Waals surface area (Å²) in [5.41, 5.74) is -0.140. The highest BCUT2D eigenvalue weighted by molar-refractivity contribution is 9.12. The fraction of sp³-hybridized carbons (Fsp3) is 0.312. The molecule has 0 fully saturated rings. The average molecular weight is 581 g/mol. The van der Waals surface area contributed by atoms with E-state index in [0.717, 1.165) is 18.2 Å². The lowest BCUT2D eigenvalue weighted by Gasteiger charge is -2.34. The molecule has 0 N–H and O–H groups in total. The maximum absolute atomic E-state index is 14.1. The molecular weight excluding hydrogens is 574 g/mol. The van der Waals surface area contributed by atoms with Crippen LogP contribution in [-0.2, 0) is 4.32 Å². The zero-order valence-electron chi connectivity index (χ0n) is 13.5. The number of hydrogen-bond donors (Lipinski definition) is 0. The molecule has 1 radical (unpaired) electrons. The molecule has 13 heteroatoms. The summed E-state index contributed by atoms with van der Waals surface area (Å²) in [6, 6.07) is 4.95. The van der Waals surface area contributed by atoms with Gasteiger partial charge in [-0.3, -0.25) is 0 Å². The maximum Gasteiger partial charge on any atom is 0.460 e. The van der Waals surface area contributed by atoms with Crippen LogP contribution in [0.2, 0.25) is 0 Å². The molecule has 0 amide bonds. The molecule has 1 unspecified atom stereocenters. The molecule has 0 saturated heterocycles. The van der Waals surface area contributed by atoms with E-state index >= 15 is 0 Å². The molecule has 0 nitrogen and oxygen atoms in total. The number of alkyl halides is 10. The topological polar surface area (TPSA) is 0 Å². The Morgan fingerprint density at radius 2 is 1.41 bits per heavy atom. The number of thioether (sulfide) groups is 1. The number of allylic oxidation sites excluding steroid dienone is 3. The van der Waals surface area contributed by atoms with Crippen molar-refractivity contribution in [2.75, 3.05) is 0 Å². The van der Waals surface area contributed by atoms with Gasteiger partial charge in [0.15, 0.2) is 0 Å². The van der Waals surface area contributed by atoms with E-state index in [0.29, 0.717) is 0 Å². The Bertz CT molecular complexity index is 846. The van der Waals surface area contributed by atoms with Crippen molar-refractivity contribution >= 4 is 43.6 Å². The lowest BCUT2D eigenvalue weighted by Crippen LogP contribution is -2.59. The summed E-state index contributed by atoms with van der Waals surface area (Å²) in [7, 11) is 0. The normalized spacial score (nSPS) is 21.7. The lowest BCUT2D eigenvalue weighted by molar-refractivity contribution is -0.381. The van der Waals surface area contributed by atoms with Crippen molar-refractivity contribution in [3.63, 3.8) is 0 Å². The summed E-state index contributed by atoms with van der Waals surface area (Å²) in [5, 5.41) is -5.86. The third kappa shape index (κ3) is 4.51. The van der Waals surface area contributed by atoms with Crippen molar-refractivity contribution in [1.82, 2.24) is 0 Å². The summed E-state index contributed by atoms with van der Waals surface area (Å²) in [4.78, 5) is -0.804. The van der Waals surface area contributed by atoms with Crippen molar-refractivity contribution in [2.24, 2.45) is 0 Å². The molecule has 1 atom stereocenters. The zero-order chi connectivity index (χ0) is 22.5. The van der Waals surface area contributed by atoms with Crippen LogP contribution >= 0.6 is 43.6 Å². The van der Waals surface area contributed by atoms with Gasteiger partial charge in [-0.2, -0.15) is 39.5 Å². The largest absolute Gasteiger partial charge is 0.460 e. The Balaban J connectivity index is 2.46. The van der Waals surface area contributed by atoms with Gasteiger partial charge >= 0.3 is 23.3 Å². The first-order valence-corrected chi connectivity index (χ1v) is 9.64. The number of halogens is 12. The van der Waals surface area contributed by atoms with Gasteiger partial charge in [0, 0.05) is 21.4 Å². The van der Waals surface area contributed by atoms with Crippen LogP contribution < -0.4 is 0 Å². The highest BCUT2D eigenvalue weighted by Crippen LogP contribution is 2.59. The monoisotopic (exact) mass is 579 g/mol. The SMILES string of the molecule is Fc1ccccc1C1(Br)[CH]C(Br)=CC(SC(F)(F)C(F)(F)C(F)(F)C(F)(F)F)=C1. The number of benzene rings is 1. The van der Waals surface area contributed by atoms with E-state index in [9.17, 15) is 43.9 Å². The second-order valence-electron chi connectivity index (χ2n) is 5.73. The molecule has 1 aliphatic rings. The summed E-state index contributed by atoms with van der Waals surface area (Å²) in [5.74, 6) is -14.6. The van der Waals surface area contributed by atoms with E-state index < -0.39 is 50.1 Å². The number of hydrogen-bond acceptors (Lipinski definition) is 1. The molecule has 0 aliphatic heterocycles. The van der Waals surface area contributed by atoms with Crippen LogP contribution in [0.5, 0.6) is 0 Å². The second kappa shape index (κ2) is 7.77. The van der Waals surface area contributed by atoms with E-state index in [1.165, 1.54) is 24.6 Å². The van der Waals surface area contributed by atoms with E-state index in [4.69, 9.17) is 0 Å². The molecule has 29 heavy (non-hydrogen) atoms. The van der Waals surface area contributed by atoms with Crippen molar-refractivity contribution in [3.8, 4) is 0 Å². The molecule has 0 heterocycles. The minimum absolute atomic E-state index is 0.0377. The minimum Gasteiger partial charge on any atom is -0.207 e. The van der Waals surface area contributed by atoms with Crippen molar-refractivity contribution in [1.29, 1.82) is 0 Å². The van der Waals surface area contributed by atoms with Crippen LogP contribution in [0.4, 0.5) is 43.9 Å². The molecule has 1 aliphatic carbocycles. The van der Waals surface area contributed by atoms with Crippen molar-refractivity contribution < 1.29 is 43.9 Å². The quantitative estimate of drug-likeness (QED) is 0.251. The van der Waals surface area contributed by atoms with Gasteiger partial charge in [0.1, 0.15) is 5.82 Å². The predicted octanol–water partition coefficient (Wildman–Crippen LogP) is 7.96. The summed E-state index contributed by atoms with van der Waals surface area (Å²) in [6.07, 6.45) is -4.08. The van der Waals surface area contributed by atoms with Crippen LogP contribution in [0.25, 0.3) is 0 Å². The Hall–Kier alpha value is -0.690. The first kappa shape index (κ1) is 24.6. The molecule has 1 aromatic rings. The van der Waals surface area contributed by atoms with Gasteiger partial charge in [-0.05, 0) is 30.0 Å². The maximum atomic E-state index is 14.1. The van der Waals surface area contributed by atoms with Crippen LogP contribution in [0.1, 0.15) is 5.56 Å². The Morgan fingerprint density at radius 3 is 1.93 bits per heavy atom. The number of rotatable bonds is 5. The van der Waals surface area contributed by atoms with Gasteiger partial charge in [0.2, 0.25) is 0 Å². The summed E-state index contributed by atoms with van der Waals surface area (Å²) >= 11 is 4.74. The van der Waals surface area contributed by atoms with Gasteiger partial charge < -0.3 is 0 Å². The summed E-state index contributed by atoms with van der Waals surface area (Å²) < 4.78 is 130. The highest BCUT2D eigenvalue weighted by atomic mass is 79.9. The van der Waals surface area contributed by atoms with Gasteiger partial charge in [0.25, 0.3) is 0 Å². The standard InChI is InChI=1S/C16H7Br2F10S/c17-8-5-9(7-12(18,6-8)10-3-1-2-4-11(10)19)29-16(27,28)14(22,23)13(20,21)15(24,25)26/h1-7H. The predicted molar refractivity (Wildman–Crippen MR) is 94.9 cm³/mol. The van der Waals surface area contributed by atoms with Crippen LogP contribution in [-0.4, -0.2) is 23.3 Å². The zero-order valence-corrected chi connectivity index (χ0v) is 17.5. The van der Waals surface area contributed by atoms with E-state index in [1.807, 2.05) is 0 Å². The molecule has 0 saturated carbocycles. The first-order valence-electron chi connectivity index (χ1n) is 7.24. The van der Waals surface area contributed by atoms with Crippen molar-refractivity contribution in [2.45, 2.75) is 27.6 Å². The van der Waals surface area contributed by atoms with Crippen LogP contribution in [0.15, 0.2) is 45.8 Å². The second-order valence-corrected chi connectivity index (χ2v) is 9.15.